The van der Waals surface area contributed by atoms with Crippen molar-refractivity contribution in [2.24, 2.45) is 11.8 Å². The molecule has 1 saturated heterocycles. The van der Waals surface area contributed by atoms with Crippen molar-refractivity contribution < 1.29 is 0 Å². The number of hydrogen-bond donors (Lipinski definition) is 0. The van der Waals surface area contributed by atoms with E-state index in [4.69, 9.17) is 0 Å². The number of hydrogen-bond acceptors (Lipinski definition) is 1. The zero-order chi connectivity index (χ0) is 10.3. The van der Waals surface area contributed by atoms with Gasteiger partial charge in [0.05, 0.1) is 0 Å². The predicted octanol–water partition coefficient (Wildman–Crippen LogP) is 3.30. The van der Waals surface area contributed by atoms with Crippen LogP contribution in [-0.4, -0.2) is 23.0 Å². The van der Waals surface area contributed by atoms with E-state index in [1.54, 1.807) is 0 Å². The molecule has 0 aromatic heterocycles. The van der Waals surface area contributed by atoms with Crippen molar-refractivity contribution in [1.29, 1.82) is 0 Å². The molecule has 1 aliphatic carbocycles. The standard InChI is InChI=1S/C13H25N/c1-5-12-11-8-6-7-10(11)9-14(12)13(2,3)4/h10-12H,5-9H2,1-4H3/t10-,11-,12?/m0/s1. The molecule has 0 amide bonds. The molecule has 0 spiro atoms. The maximum absolute atomic E-state index is 2.77. The molecule has 1 heteroatoms. The van der Waals surface area contributed by atoms with Gasteiger partial charge in [-0.2, -0.15) is 0 Å². The lowest BCUT2D eigenvalue weighted by Gasteiger charge is -2.38. The number of nitrogens with zero attached hydrogens (tertiary/aromatic N) is 1. The lowest BCUT2D eigenvalue weighted by molar-refractivity contribution is 0.101. The first-order chi connectivity index (χ1) is 6.54. The topological polar surface area (TPSA) is 3.24 Å². The van der Waals surface area contributed by atoms with Crippen LogP contribution in [0, 0.1) is 11.8 Å². The molecular weight excluding hydrogens is 170 g/mol. The van der Waals surface area contributed by atoms with Gasteiger partial charge in [0.25, 0.3) is 0 Å². The highest BCUT2D eigenvalue weighted by molar-refractivity contribution is 4.99. The lowest BCUT2D eigenvalue weighted by atomic mass is 9.92. The number of likely N-dealkylation sites (tertiary alicyclic amines) is 1. The van der Waals surface area contributed by atoms with Crippen molar-refractivity contribution in [3.63, 3.8) is 0 Å². The minimum atomic E-state index is 0.380. The van der Waals surface area contributed by atoms with Crippen LogP contribution >= 0.6 is 0 Å². The average molecular weight is 195 g/mol. The Hall–Kier alpha value is -0.0400. The van der Waals surface area contributed by atoms with Gasteiger partial charge in [-0.25, -0.2) is 0 Å². The van der Waals surface area contributed by atoms with Crippen LogP contribution in [-0.2, 0) is 0 Å². The summed E-state index contributed by atoms with van der Waals surface area (Å²) >= 11 is 0. The van der Waals surface area contributed by atoms with Crippen molar-refractivity contribution in [1.82, 2.24) is 4.90 Å². The summed E-state index contributed by atoms with van der Waals surface area (Å²) in [5.74, 6) is 2.05. The summed E-state index contributed by atoms with van der Waals surface area (Å²) < 4.78 is 0. The van der Waals surface area contributed by atoms with Gasteiger partial charge in [0, 0.05) is 18.1 Å². The normalized spacial score (nSPS) is 39.0. The van der Waals surface area contributed by atoms with Gasteiger partial charge < -0.3 is 0 Å². The highest BCUT2D eigenvalue weighted by Gasteiger charge is 2.46. The number of rotatable bonds is 1. The Bertz CT molecular complexity index is 204. The molecule has 0 radical (unpaired) electrons. The molecule has 2 aliphatic rings. The fourth-order valence-corrected chi connectivity index (χ4v) is 3.71. The minimum Gasteiger partial charge on any atom is -0.295 e. The third-order valence-corrected chi connectivity index (χ3v) is 4.32. The third kappa shape index (κ3) is 1.60. The van der Waals surface area contributed by atoms with Crippen LogP contribution in [0.25, 0.3) is 0 Å². The Balaban J connectivity index is 2.14. The Kier molecular flexibility index (Phi) is 2.63. The predicted molar refractivity (Wildman–Crippen MR) is 61.4 cm³/mol. The largest absolute Gasteiger partial charge is 0.295 e. The highest BCUT2D eigenvalue weighted by Crippen LogP contribution is 2.45. The first-order valence-corrected chi connectivity index (χ1v) is 6.30. The fraction of sp³-hybridized carbons (Fsp3) is 1.00. The Morgan fingerprint density at radius 2 is 1.93 bits per heavy atom. The first-order valence-electron chi connectivity index (χ1n) is 6.30. The van der Waals surface area contributed by atoms with Crippen LogP contribution in [0.2, 0.25) is 0 Å². The van der Waals surface area contributed by atoms with E-state index >= 15 is 0 Å². The highest BCUT2D eigenvalue weighted by atomic mass is 15.2. The van der Waals surface area contributed by atoms with Gasteiger partial charge in [-0.3, -0.25) is 4.90 Å². The van der Waals surface area contributed by atoms with Crippen molar-refractivity contribution in [2.45, 2.75) is 65.0 Å². The summed E-state index contributed by atoms with van der Waals surface area (Å²) in [4.78, 5) is 2.77. The van der Waals surface area contributed by atoms with Crippen molar-refractivity contribution in [2.75, 3.05) is 6.54 Å². The van der Waals surface area contributed by atoms with Crippen molar-refractivity contribution >= 4 is 0 Å². The van der Waals surface area contributed by atoms with Gasteiger partial charge in [0.2, 0.25) is 0 Å². The molecule has 2 rings (SSSR count). The monoisotopic (exact) mass is 195 g/mol. The summed E-state index contributed by atoms with van der Waals surface area (Å²) in [6.07, 6.45) is 5.83. The van der Waals surface area contributed by atoms with Crippen LogP contribution in [0.15, 0.2) is 0 Å². The molecule has 82 valence electrons. The molecular formula is C13H25N. The smallest absolute Gasteiger partial charge is 0.0129 e. The van der Waals surface area contributed by atoms with Crippen LogP contribution in [0.3, 0.4) is 0 Å². The van der Waals surface area contributed by atoms with E-state index in [9.17, 15) is 0 Å². The van der Waals surface area contributed by atoms with Crippen molar-refractivity contribution in [3.8, 4) is 0 Å². The average Bonchev–Trinajstić information content (AvgIpc) is 2.58. The van der Waals surface area contributed by atoms with Gasteiger partial charge >= 0.3 is 0 Å². The maximum atomic E-state index is 2.77. The van der Waals surface area contributed by atoms with Gasteiger partial charge in [0.1, 0.15) is 0 Å². The molecule has 1 heterocycles. The molecule has 0 aromatic carbocycles. The minimum absolute atomic E-state index is 0.380. The zero-order valence-electron chi connectivity index (χ0n) is 10.2. The second-order valence-electron chi connectivity index (χ2n) is 6.15. The van der Waals surface area contributed by atoms with Gasteiger partial charge in [0.15, 0.2) is 0 Å². The van der Waals surface area contributed by atoms with Gasteiger partial charge in [-0.05, 0) is 51.9 Å². The van der Waals surface area contributed by atoms with Crippen LogP contribution < -0.4 is 0 Å². The molecule has 14 heavy (non-hydrogen) atoms. The van der Waals surface area contributed by atoms with E-state index in [-0.39, 0.29) is 0 Å². The van der Waals surface area contributed by atoms with E-state index in [1.165, 1.54) is 32.2 Å². The molecule has 1 unspecified atom stereocenters. The molecule has 1 saturated carbocycles. The maximum Gasteiger partial charge on any atom is 0.0129 e. The quantitative estimate of drug-likeness (QED) is 0.620. The molecule has 3 atom stereocenters. The van der Waals surface area contributed by atoms with E-state index in [0.29, 0.717) is 5.54 Å². The third-order valence-electron chi connectivity index (χ3n) is 4.32. The summed E-state index contributed by atoms with van der Waals surface area (Å²) in [6, 6.07) is 0.877. The summed E-state index contributed by atoms with van der Waals surface area (Å²) in [5.41, 5.74) is 0.380. The molecule has 1 nitrogen and oxygen atoms in total. The molecule has 0 aromatic rings. The van der Waals surface area contributed by atoms with Crippen molar-refractivity contribution in [3.05, 3.63) is 0 Å². The zero-order valence-corrected chi connectivity index (χ0v) is 10.2. The van der Waals surface area contributed by atoms with E-state index < -0.39 is 0 Å². The molecule has 0 bridgehead atoms. The number of fused-ring (bicyclic) bond motifs is 1. The molecule has 0 N–H and O–H groups in total. The van der Waals surface area contributed by atoms with E-state index in [0.717, 1.165) is 17.9 Å². The molecule has 1 aliphatic heterocycles. The summed E-state index contributed by atoms with van der Waals surface area (Å²) in [6.45, 7) is 10.8. The SMILES string of the molecule is CCC1[C@H]2CCC[C@H]2CN1C(C)(C)C. The van der Waals surface area contributed by atoms with Crippen LogP contribution in [0.4, 0.5) is 0 Å². The summed E-state index contributed by atoms with van der Waals surface area (Å²) in [5, 5.41) is 0. The van der Waals surface area contributed by atoms with Crippen LogP contribution in [0.1, 0.15) is 53.4 Å². The lowest BCUT2D eigenvalue weighted by Crippen LogP contribution is -2.45. The second-order valence-corrected chi connectivity index (χ2v) is 6.15. The van der Waals surface area contributed by atoms with Gasteiger partial charge in [-0.15, -0.1) is 0 Å². The Labute approximate surface area is 88.9 Å². The first kappa shape index (κ1) is 10.5. The van der Waals surface area contributed by atoms with E-state index in [2.05, 4.69) is 32.6 Å². The second kappa shape index (κ2) is 3.52. The van der Waals surface area contributed by atoms with Gasteiger partial charge in [-0.1, -0.05) is 13.3 Å². The van der Waals surface area contributed by atoms with E-state index in [1.807, 2.05) is 0 Å². The Morgan fingerprint density at radius 3 is 2.50 bits per heavy atom. The Morgan fingerprint density at radius 1 is 1.21 bits per heavy atom. The van der Waals surface area contributed by atoms with Crippen LogP contribution in [0.5, 0.6) is 0 Å². The molecule has 2 fully saturated rings. The fourth-order valence-electron chi connectivity index (χ4n) is 3.71. The summed E-state index contributed by atoms with van der Waals surface area (Å²) in [7, 11) is 0.